The van der Waals surface area contributed by atoms with E-state index in [9.17, 15) is 5.11 Å². The highest BCUT2D eigenvalue weighted by molar-refractivity contribution is 5.29. The fourth-order valence-electron chi connectivity index (χ4n) is 3.99. The Kier molecular flexibility index (Phi) is 3.87. The summed E-state index contributed by atoms with van der Waals surface area (Å²) in [5, 5.41) is 14.7. The van der Waals surface area contributed by atoms with Crippen molar-refractivity contribution in [3.63, 3.8) is 0 Å². The summed E-state index contributed by atoms with van der Waals surface area (Å²) < 4.78 is 0. The molecule has 2 unspecified atom stereocenters. The van der Waals surface area contributed by atoms with Crippen molar-refractivity contribution in [3.05, 3.63) is 35.4 Å². The first kappa shape index (κ1) is 14.1. The van der Waals surface area contributed by atoms with Gasteiger partial charge in [0.15, 0.2) is 0 Å². The van der Waals surface area contributed by atoms with Crippen molar-refractivity contribution in [1.29, 1.82) is 0 Å². The SMILES string of the molecule is CC(C)Cc1ccc(C2(O)CC3CCCC(C2)N3)cc1. The third kappa shape index (κ3) is 2.91. The number of hydrogen-bond donors (Lipinski definition) is 2. The molecule has 1 aromatic carbocycles. The van der Waals surface area contributed by atoms with Gasteiger partial charge in [0.1, 0.15) is 0 Å². The van der Waals surface area contributed by atoms with Crippen LogP contribution in [0.2, 0.25) is 0 Å². The van der Waals surface area contributed by atoms with Crippen molar-refractivity contribution >= 4 is 0 Å². The zero-order valence-electron chi connectivity index (χ0n) is 12.7. The third-order valence-electron chi connectivity index (χ3n) is 4.88. The lowest BCUT2D eigenvalue weighted by Gasteiger charge is -2.45. The van der Waals surface area contributed by atoms with Crippen LogP contribution in [0.25, 0.3) is 0 Å². The summed E-state index contributed by atoms with van der Waals surface area (Å²) >= 11 is 0. The van der Waals surface area contributed by atoms with E-state index in [0.717, 1.165) is 24.8 Å². The molecule has 2 fully saturated rings. The molecule has 2 heteroatoms. The topological polar surface area (TPSA) is 32.3 Å². The molecule has 2 aliphatic heterocycles. The molecule has 2 saturated heterocycles. The van der Waals surface area contributed by atoms with Crippen LogP contribution in [0, 0.1) is 5.92 Å². The largest absolute Gasteiger partial charge is 0.385 e. The van der Waals surface area contributed by atoms with Gasteiger partial charge in [0.2, 0.25) is 0 Å². The molecule has 20 heavy (non-hydrogen) atoms. The first-order valence-electron chi connectivity index (χ1n) is 8.13. The van der Waals surface area contributed by atoms with E-state index >= 15 is 0 Å². The monoisotopic (exact) mass is 273 g/mol. The van der Waals surface area contributed by atoms with E-state index in [2.05, 4.69) is 43.4 Å². The normalized spacial score (nSPS) is 33.4. The molecule has 0 aliphatic carbocycles. The molecule has 0 radical (unpaired) electrons. The minimum atomic E-state index is -0.614. The van der Waals surface area contributed by atoms with E-state index in [0.29, 0.717) is 18.0 Å². The summed E-state index contributed by atoms with van der Waals surface area (Å²) in [6.45, 7) is 4.49. The van der Waals surface area contributed by atoms with Crippen LogP contribution in [0.1, 0.15) is 57.1 Å². The average molecular weight is 273 g/mol. The number of rotatable bonds is 3. The second-order valence-corrected chi connectivity index (χ2v) is 7.23. The van der Waals surface area contributed by atoms with E-state index < -0.39 is 5.60 Å². The maximum absolute atomic E-state index is 11.1. The van der Waals surface area contributed by atoms with Crippen LogP contribution in [0.5, 0.6) is 0 Å². The molecule has 2 nitrogen and oxygen atoms in total. The molecule has 0 saturated carbocycles. The molecule has 0 spiro atoms. The first-order chi connectivity index (χ1) is 9.55. The lowest BCUT2D eigenvalue weighted by Crippen LogP contribution is -2.54. The van der Waals surface area contributed by atoms with Gasteiger partial charge in [-0.25, -0.2) is 0 Å². The number of benzene rings is 1. The number of aliphatic hydroxyl groups is 1. The van der Waals surface area contributed by atoms with E-state index in [1.54, 1.807) is 0 Å². The summed E-state index contributed by atoms with van der Waals surface area (Å²) in [6.07, 6.45) is 6.59. The van der Waals surface area contributed by atoms with Gasteiger partial charge in [0.05, 0.1) is 5.60 Å². The van der Waals surface area contributed by atoms with Crippen LogP contribution in [0.4, 0.5) is 0 Å². The minimum Gasteiger partial charge on any atom is -0.385 e. The Bertz CT molecular complexity index is 439. The molecule has 2 atom stereocenters. The Labute approximate surface area is 122 Å². The summed E-state index contributed by atoms with van der Waals surface area (Å²) in [5.74, 6) is 0.683. The quantitative estimate of drug-likeness (QED) is 0.885. The standard InChI is InChI=1S/C18H27NO/c1-13(2)10-14-6-8-15(9-7-14)18(20)11-16-4-3-5-17(12-18)19-16/h6-9,13,16-17,19-20H,3-5,10-12H2,1-2H3. The molecular formula is C18H27NO. The molecule has 2 bridgehead atoms. The zero-order valence-corrected chi connectivity index (χ0v) is 12.7. The van der Waals surface area contributed by atoms with Crippen LogP contribution in [0.15, 0.2) is 24.3 Å². The molecule has 0 aromatic heterocycles. The van der Waals surface area contributed by atoms with E-state index in [1.165, 1.54) is 24.8 Å². The van der Waals surface area contributed by atoms with Crippen molar-refractivity contribution in [2.75, 3.05) is 0 Å². The molecule has 0 amide bonds. The van der Waals surface area contributed by atoms with Crippen LogP contribution in [0.3, 0.4) is 0 Å². The second-order valence-electron chi connectivity index (χ2n) is 7.23. The van der Waals surface area contributed by atoms with Crippen molar-refractivity contribution < 1.29 is 5.11 Å². The summed E-state index contributed by atoms with van der Waals surface area (Å²) in [6, 6.07) is 9.71. The van der Waals surface area contributed by atoms with Crippen molar-refractivity contribution in [2.24, 2.45) is 5.92 Å². The van der Waals surface area contributed by atoms with Crippen LogP contribution < -0.4 is 5.32 Å². The summed E-state index contributed by atoms with van der Waals surface area (Å²) in [7, 11) is 0. The summed E-state index contributed by atoms with van der Waals surface area (Å²) in [4.78, 5) is 0. The van der Waals surface area contributed by atoms with Gasteiger partial charge in [-0.1, -0.05) is 44.5 Å². The Balaban J connectivity index is 1.77. The Hall–Kier alpha value is -0.860. The molecule has 2 heterocycles. The highest BCUT2D eigenvalue weighted by Gasteiger charge is 2.41. The van der Waals surface area contributed by atoms with Gasteiger partial charge in [-0.15, -0.1) is 0 Å². The Morgan fingerprint density at radius 1 is 1.15 bits per heavy atom. The van der Waals surface area contributed by atoms with Gasteiger partial charge in [-0.05, 0) is 49.1 Å². The lowest BCUT2D eigenvalue weighted by atomic mass is 9.74. The number of hydrogen-bond acceptors (Lipinski definition) is 2. The van der Waals surface area contributed by atoms with E-state index in [-0.39, 0.29) is 0 Å². The van der Waals surface area contributed by atoms with Gasteiger partial charge >= 0.3 is 0 Å². The zero-order chi connectivity index (χ0) is 14.2. The van der Waals surface area contributed by atoms with Gasteiger partial charge in [-0.3, -0.25) is 0 Å². The fraction of sp³-hybridized carbons (Fsp3) is 0.667. The van der Waals surface area contributed by atoms with Crippen molar-refractivity contribution in [3.8, 4) is 0 Å². The Morgan fingerprint density at radius 2 is 1.75 bits per heavy atom. The highest BCUT2D eigenvalue weighted by atomic mass is 16.3. The van der Waals surface area contributed by atoms with Crippen LogP contribution in [-0.4, -0.2) is 17.2 Å². The molecular weight excluding hydrogens is 246 g/mol. The molecule has 2 N–H and O–H groups in total. The van der Waals surface area contributed by atoms with E-state index in [4.69, 9.17) is 0 Å². The molecule has 2 aliphatic rings. The third-order valence-corrected chi connectivity index (χ3v) is 4.88. The van der Waals surface area contributed by atoms with Crippen LogP contribution >= 0.6 is 0 Å². The smallest absolute Gasteiger partial charge is 0.0926 e. The van der Waals surface area contributed by atoms with Crippen molar-refractivity contribution in [2.45, 2.75) is 70.1 Å². The van der Waals surface area contributed by atoms with Gasteiger partial charge in [0.25, 0.3) is 0 Å². The van der Waals surface area contributed by atoms with E-state index in [1.807, 2.05) is 0 Å². The Morgan fingerprint density at radius 3 is 2.30 bits per heavy atom. The maximum Gasteiger partial charge on any atom is 0.0926 e. The maximum atomic E-state index is 11.1. The molecule has 1 aromatic rings. The van der Waals surface area contributed by atoms with Gasteiger partial charge in [0, 0.05) is 12.1 Å². The highest BCUT2D eigenvalue weighted by Crippen LogP contribution is 2.39. The minimum absolute atomic E-state index is 0.503. The van der Waals surface area contributed by atoms with Crippen molar-refractivity contribution in [1.82, 2.24) is 5.32 Å². The number of piperidine rings is 2. The predicted molar refractivity (Wildman–Crippen MR) is 82.7 cm³/mol. The van der Waals surface area contributed by atoms with Gasteiger partial charge < -0.3 is 10.4 Å². The average Bonchev–Trinajstić information content (AvgIpc) is 2.38. The summed E-state index contributed by atoms with van der Waals surface area (Å²) in [5.41, 5.74) is 1.88. The number of nitrogens with one attached hydrogen (secondary N) is 1. The van der Waals surface area contributed by atoms with Crippen LogP contribution in [-0.2, 0) is 12.0 Å². The van der Waals surface area contributed by atoms with Gasteiger partial charge in [-0.2, -0.15) is 0 Å². The predicted octanol–water partition coefficient (Wildman–Crippen LogP) is 3.38. The molecule has 110 valence electrons. The lowest BCUT2D eigenvalue weighted by molar-refractivity contribution is -0.0358. The molecule has 3 rings (SSSR count). The number of fused-ring (bicyclic) bond motifs is 2. The fourth-order valence-corrected chi connectivity index (χ4v) is 3.99. The first-order valence-corrected chi connectivity index (χ1v) is 8.13. The second kappa shape index (κ2) is 5.50.